The number of para-hydroxylation sites is 1. The first-order chi connectivity index (χ1) is 10.1. The zero-order valence-corrected chi connectivity index (χ0v) is 16.1. The van der Waals surface area contributed by atoms with Crippen molar-refractivity contribution in [3.8, 4) is 5.75 Å². The van der Waals surface area contributed by atoms with Crippen molar-refractivity contribution in [3.05, 3.63) is 36.0 Å². The van der Waals surface area contributed by atoms with E-state index < -0.39 is 16.6 Å². The van der Waals surface area contributed by atoms with E-state index in [2.05, 4.69) is 24.6 Å². The molecule has 0 saturated heterocycles. The Kier molecular flexibility index (Phi) is 4.44. The lowest BCUT2D eigenvalue weighted by molar-refractivity contribution is 0.0726. The molecule has 4 nitrogen and oxygen atoms in total. The van der Waals surface area contributed by atoms with Crippen LogP contribution in [0.25, 0.3) is 10.9 Å². The Morgan fingerprint density at radius 3 is 2.27 bits per heavy atom. The Balaban J connectivity index is 2.50. The molecule has 0 saturated carbocycles. The first-order valence-corrected chi connectivity index (χ1v) is 14.2. The summed E-state index contributed by atoms with van der Waals surface area (Å²) in [6.07, 6.45) is 1.64. The Morgan fingerprint density at radius 1 is 1.00 bits per heavy atom. The molecule has 0 amide bonds. The topological polar surface area (TPSA) is 48.4 Å². The monoisotopic (exact) mass is 333 g/mol. The average Bonchev–Trinajstić information content (AvgIpc) is 2.34. The van der Waals surface area contributed by atoms with E-state index in [9.17, 15) is 4.79 Å². The minimum atomic E-state index is -1.94. The van der Waals surface area contributed by atoms with E-state index >= 15 is 0 Å². The van der Waals surface area contributed by atoms with Crippen molar-refractivity contribution >= 4 is 33.5 Å². The van der Waals surface area contributed by atoms with Crippen LogP contribution in [-0.4, -0.2) is 27.6 Å². The van der Waals surface area contributed by atoms with Crippen LogP contribution in [0.2, 0.25) is 39.3 Å². The van der Waals surface area contributed by atoms with E-state index in [1.54, 1.807) is 12.3 Å². The maximum absolute atomic E-state index is 12.4. The van der Waals surface area contributed by atoms with Crippen molar-refractivity contribution in [2.45, 2.75) is 39.3 Å². The molecule has 0 unspecified atom stereocenters. The largest absolute Gasteiger partial charge is 0.543 e. The number of hydrogen-bond acceptors (Lipinski definition) is 4. The van der Waals surface area contributed by atoms with Crippen molar-refractivity contribution in [2.24, 2.45) is 0 Å². The summed E-state index contributed by atoms with van der Waals surface area (Å²) in [5, 5.41) is 0.779. The standard InChI is InChI=1S/C16H23NO3Si2/c1-21(2,3)19-14-9-7-8-12-13(10-11-17-15(12)14)16(18)20-22(4,5)6/h7-11H,1-6H3. The SMILES string of the molecule is C[Si](C)(C)OC(=O)c1ccnc2c(O[Si](C)(C)C)cccc12. The van der Waals surface area contributed by atoms with E-state index in [1.165, 1.54) is 0 Å². The number of aromatic nitrogens is 1. The predicted molar refractivity (Wildman–Crippen MR) is 94.5 cm³/mol. The molecule has 0 aliphatic carbocycles. The van der Waals surface area contributed by atoms with Gasteiger partial charge in [0.1, 0.15) is 11.3 Å². The Hall–Kier alpha value is -1.67. The Morgan fingerprint density at radius 2 is 1.68 bits per heavy atom. The fraction of sp³-hybridized carbons (Fsp3) is 0.375. The van der Waals surface area contributed by atoms with Crippen LogP contribution >= 0.6 is 0 Å². The van der Waals surface area contributed by atoms with Crippen LogP contribution in [0.4, 0.5) is 0 Å². The van der Waals surface area contributed by atoms with Crippen LogP contribution in [0.15, 0.2) is 30.5 Å². The molecule has 1 heterocycles. The third kappa shape index (κ3) is 4.17. The quantitative estimate of drug-likeness (QED) is 0.776. The number of rotatable bonds is 4. The summed E-state index contributed by atoms with van der Waals surface area (Å²) in [5.41, 5.74) is 1.27. The highest BCUT2D eigenvalue weighted by molar-refractivity contribution is 6.71. The van der Waals surface area contributed by atoms with Crippen LogP contribution in [0, 0.1) is 0 Å². The van der Waals surface area contributed by atoms with Crippen molar-refractivity contribution in [3.63, 3.8) is 0 Å². The molecule has 2 aromatic rings. The molecule has 22 heavy (non-hydrogen) atoms. The molecule has 2 rings (SSSR count). The molecule has 0 aliphatic rings. The van der Waals surface area contributed by atoms with Crippen molar-refractivity contribution in [1.82, 2.24) is 4.98 Å². The third-order valence-corrected chi connectivity index (χ3v) is 4.40. The van der Waals surface area contributed by atoms with Crippen LogP contribution in [-0.2, 0) is 4.43 Å². The molecule has 0 fully saturated rings. The summed E-state index contributed by atoms with van der Waals surface area (Å²) < 4.78 is 11.7. The van der Waals surface area contributed by atoms with E-state index in [0.717, 1.165) is 16.7 Å². The van der Waals surface area contributed by atoms with Gasteiger partial charge in [-0.3, -0.25) is 4.98 Å². The highest BCUT2D eigenvalue weighted by atomic mass is 28.4. The van der Waals surface area contributed by atoms with Gasteiger partial charge in [-0.15, -0.1) is 0 Å². The van der Waals surface area contributed by atoms with Gasteiger partial charge in [0.25, 0.3) is 0 Å². The minimum Gasteiger partial charge on any atom is -0.543 e. The minimum absolute atomic E-state index is 0.281. The molecule has 0 atom stereocenters. The van der Waals surface area contributed by atoms with Gasteiger partial charge < -0.3 is 8.85 Å². The second-order valence-electron chi connectivity index (χ2n) is 7.23. The molecule has 1 aromatic heterocycles. The van der Waals surface area contributed by atoms with Crippen LogP contribution in [0.3, 0.4) is 0 Å². The summed E-state index contributed by atoms with van der Waals surface area (Å²) in [5.74, 6) is 0.455. The number of carbonyl (C=O) groups excluding carboxylic acids is 1. The van der Waals surface area contributed by atoms with Gasteiger partial charge >= 0.3 is 5.97 Å². The van der Waals surface area contributed by atoms with Gasteiger partial charge in [0, 0.05) is 11.6 Å². The highest BCUT2D eigenvalue weighted by Gasteiger charge is 2.24. The van der Waals surface area contributed by atoms with Gasteiger partial charge in [0.15, 0.2) is 0 Å². The molecule has 118 valence electrons. The van der Waals surface area contributed by atoms with Gasteiger partial charge in [-0.2, -0.15) is 0 Å². The summed E-state index contributed by atoms with van der Waals surface area (Å²) in [4.78, 5) is 16.8. The van der Waals surface area contributed by atoms with Gasteiger partial charge in [-0.05, 0) is 51.4 Å². The van der Waals surface area contributed by atoms with Gasteiger partial charge in [-0.1, -0.05) is 12.1 Å². The second-order valence-corrected chi connectivity index (χ2v) is 16.1. The average molecular weight is 334 g/mol. The summed E-state index contributed by atoms with van der Waals surface area (Å²) in [6, 6.07) is 7.40. The summed E-state index contributed by atoms with van der Waals surface area (Å²) in [7, 11) is -3.68. The first-order valence-electron chi connectivity index (χ1n) is 7.37. The zero-order chi connectivity index (χ0) is 16.5. The molecule has 0 bridgehead atoms. The molecule has 0 spiro atoms. The van der Waals surface area contributed by atoms with E-state index in [-0.39, 0.29) is 5.97 Å². The lowest BCUT2D eigenvalue weighted by Gasteiger charge is -2.21. The fourth-order valence-electron chi connectivity index (χ4n) is 2.07. The molecule has 1 aromatic carbocycles. The lowest BCUT2D eigenvalue weighted by atomic mass is 10.1. The molecule has 0 radical (unpaired) electrons. The number of hydrogen-bond donors (Lipinski definition) is 0. The zero-order valence-electron chi connectivity index (χ0n) is 14.1. The smallest absolute Gasteiger partial charge is 0.325 e. The second kappa shape index (κ2) is 5.85. The first kappa shape index (κ1) is 16.7. The van der Waals surface area contributed by atoms with Gasteiger partial charge in [0.2, 0.25) is 16.6 Å². The molecule has 0 N–H and O–H groups in total. The number of benzene rings is 1. The van der Waals surface area contributed by atoms with Crippen molar-refractivity contribution in [2.75, 3.05) is 0 Å². The summed E-state index contributed by atoms with van der Waals surface area (Å²) >= 11 is 0. The molecule has 6 heteroatoms. The number of carbonyl (C=O) groups is 1. The van der Waals surface area contributed by atoms with Crippen LogP contribution in [0.5, 0.6) is 5.75 Å². The number of nitrogens with zero attached hydrogens (tertiary/aromatic N) is 1. The fourth-order valence-corrected chi connectivity index (χ4v) is 3.56. The lowest BCUT2D eigenvalue weighted by Crippen LogP contribution is -2.30. The van der Waals surface area contributed by atoms with Crippen LogP contribution < -0.4 is 4.43 Å². The van der Waals surface area contributed by atoms with Crippen LogP contribution in [0.1, 0.15) is 10.4 Å². The Bertz CT molecular complexity index is 703. The van der Waals surface area contributed by atoms with Gasteiger partial charge in [0.05, 0.1) is 5.56 Å². The molecular weight excluding hydrogens is 310 g/mol. The normalized spacial score (nSPS) is 12.3. The van der Waals surface area contributed by atoms with E-state index in [4.69, 9.17) is 8.85 Å². The third-order valence-electron chi connectivity index (χ3n) is 2.77. The number of fused-ring (bicyclic) bond motifs is 1. The maximum atomic E-state index is 12.4. The Labute approximate surface area is 133 Å². The van der Waals surface area contributed by atoms with Crippen molar-refractivity contribution in [1.29, 1.82) is 0 Å². The van der Waals surface area contributed by atoms with E-state index in [1.807, 2.05) is 37.8 Å². The maximum Gasteiger partial charge on any atom is 0.325 e. The highest BCUT2D eigenvalue weighted by Crippen LogP contribution is 2.28. The molecular formula is C16H23NO3Si2. The molecule has 0 aliphatic heterocycles. The summed E-state index contributed by atoms with van der Waals surface area (Å²) in [6.45, 7) is 12.3. The predicted octanol–water partition coefficient (Wildman–Crippen LogP) is 4.44. The number of pyridine rings is 1. The van der Waals surface area contributed by atoms with Gasteiger partial charge in [-0.25, -0.2) is 4.79 Å². The van der Waals surface area contributed by atoms with Crippen molar-refractivity contribution < 1.29 is 13.6 Å². The van der Waals surface area contributed by atoms with E-state index in [0.29, 0.717) is 5.56 Å².